The third kappa shape index (κ3) is 3.18. The molecule has 118 valence electrons. The molecule has 0 aliphatic rings. The Morgan fingerprint density at radius 1 is 1.27 bits per heavy atom. The number of carbonyl (C=O) groups excluding carboxylic acids is 1. The lowest BCUT2D eigenvalue weighted by molar-refractivity contribution is 0.0933. The van der Waals surface area contributed by atoms with Crippen molar-refractivity contribution in [3.05, 3.63) is 46.5 Å². The van der Waals surface area contributed by atoms with Crippen LogP contribution in [0.15, 0.2) is 18.2 Å². The fraction of sp³-hybridized carbons (Fsp3) is 0.471. The molecule has 0 fully saturated rings. The Hall–Kier alpha value is -2.17. The van der Waals surface area contributed by atoms with Gasteiger partial charge in [-0.25, -0.2) is 0 Å². The van der Waals surface area contributed by atoms with E-state index in [9.17, 15) is 4.79 Å². The van der Waals surface area contributed by atoms with Crippen LogP contribution in [0.2, 0.25) is 0 Å². The van der Waals surface area contributed by atoms with Gasteiger partial charge in [-0.3, -0.25) is 14.5 Å². The molecule has 0 aliphatic heterocycles. The van der Waals surface area contributed by atoms with Crippen molar-refractivity contribution >= 4 is 5.91 Å². The molecule has 0 radical (unpaired) electrons. The molecule has 0 spiro atoms. The Morgan fingerprint density at radius 3 is 2.55 bits per heavy atom. The van der Waals surface area contributed by atoms with Crippen molar-refractivity contribution in [2.45, 2.75) is 53.6 Å². The molecule has 0 aromatic carbocycles. The topological polar surface area (TPSA) is 59.8 Å². The maximum Gasteiger partial charge on any atom is 0.255 e. The van der Waals surface area contributed by atoms with Gasteiger partial charge in [0.1, 0.15) is 0 Å². The van der Waals surface area contributed by atoms with Crippen molar-refractivity contribution < 1.29 is 4.79 Å². The Balaban J connectivity index is 2.25. The molecule has 0 saturated carbocycles. The number of carbonyl (C=O) groups is 1. The van der Waals surface area contributed by atoms with E-state index >= 15 is 0 Å². The van der Waals surface area contributed by atoms with E-state index in [-0.39, 0.29) is 11.9 Å². The number of nitrogens with zero attached hydrogens (tertiary/aromatic N) is 3. The van der Waals surface area contributed by atoms with Gasteiger partial charge in [-0.15, -0.1) is 0 Å². The third-order valence-electron chi connectivity index (χ3n) is 3.89. The Bertz CT molecular complexity index is 675. The molecule has 0 saturated heterocycles. The van der Waals surface area contributed by atoms with Gasteiger partial charge in [0.25, 0.3) is 5.91 Å². The molecule has 1 atom stereocenters. The number of pyridine rings is 1. The van der Waals surface area contributed by atoms with Gasteiger partial charge < -0.3 is 5.32 Å². The van der Waals surface area contributed by atoms with Gasteiger partial charge in [0.2, 0.25) is 0 Å². The van der Waals surface area contributed by atoms with Gasteiger partial charge >= 0.3 is 0 Å². The molecule has 1 amide bonds. The number of nitrogens with one attached hydrogen (secondary N) is 1. The van der Waals surface area contributed by atoms with Crippen molar-refractivity contribution in [2.24, 2.45) is 0 Å². The van der Waals surface area contributed by atoms with Gasteiger partial charge in [-0.1, -0.05) is 13.0 Å². The fourth-order valence-corrected chi connectivity index (χ4v) is 2.71. The lowest BCUT2D eigenvalue weighted by Crippen LogP contribution is -2.29. The molecule has 2 rings (SSSR count). The molecule has 2 aromatic rings. The molecule has 22 heavy (non-hydrogen) atoms. The van der Waals surface area contributed by atoms with Crippen molar-refractivity contribution in [3.63, 3.8) is 0 Å². The van der Waals surface area contributed by atoms with Crippen LogP contribution in [0.3, 0.4) is 0 Å². The van der Waals surface area contributed by atoms with Crippen LogP contribution in [0.25, 0.3) is 0 Å². The number of hydrogen-bond donors (Lipinski definition) is 1. The van der Waals surface area contributed by atoms with E-state index in [0.29, 0.717) is 5.56 Å². The SMILES string of the molecule is CC[C@@H](NC(=O)c1c(C)nn(CC)c1C)c1cccc(C)n1. The minimum Gasteiger partial charge on any atom is -0.344 e. The van der Waals surface area contributed by atoms with Crippen molar-refractivity contribution in [2.75, 3.05) is 0 Å². The second-order valence-corrected chi connectivity index (χ2v) is 5.50. The number of aromatic nitrogens is 3. The van der Waals surface area contributed by atoms with E-state index in [1.54, 1.807) is 0 Å². The first kappa shape index (κ1) is 16.2. The Morgan fingerprint density at radius 2 is 2.00 bits per heavy atom. The molecule has 0 aliphatic carbocycles. The summed E-state index contributed by atoms with van der Waals surface area (Å²) in [6.45, 7) is 10.6. The second kappa shape index (κ2) is 6.73. The van der Waals surface area contributed by atoms with Gasteiger partial charge in [0, 0.05) is 17.9 Å². The van der Waals surface area contributed by atoms with Gasteiger partial charge in [0.15, 0.2) is 0 Å². The van der Waals surface area contributed by atoms with Crippen LogP contribution in [-0.4, -0.2) is 20.7 Å². The van der Waals surface area contributed by atoms with E-state index in [0.717, 1.165) is 35.7 Å². The Labute approximate surface area is 131 Å². The molecule has 2 aromatic heterocycles. The summed E-state index contributed by atoms with van der Waals surface area (Å²) in [5.74, 6) is -0.0788. The third-order valence-corrected chi connectivity index (χ3v) is 3.89. The summed E-state index contributed by atoms with van der Waals surface area (Å²) in [7, 11) is 0. The zero-order valence-corrected chi connectivity index (χ0v) is 14.0. The van der Waals surface area contributed by atoms with Gasteiger partial charge in [0.05, 0.1) is 23.0 Å². The van der Waals surface area contributed by atoms with Crippen LogP contribution in [0, 0.1) is 20.8 Å². The highest BCUT2D eigenvalue weighted by atomic mass is 16.1. The summed E-state index contributed by atoms with van der Waals surface area (Å²) in [5.41, 5.74) is 4.20. The monoisotopic (exact) mass is 300 g/mol. The highest BCUT2D eigenvalue weighted by molar-refractivity contribution is 5.96. The van der Waals surface area contributed by atoms with E-state index in [1.165, 1.54) is 0 Å². The largest absolute Gasteiger partial charge is 0.344 e. The minimum absolute atomic E-state index is 0.0788. The first-order chi connectivity index (χ1) is 10.5. The van der Waals surface area contributed by atoms with Crippen LogP contribution < -0.4 is 5.32 Å². The number of aryl methyl sites for hydroxylation is 3. The molecule has 0 unspecified atom stereocenters. The lowest BCUT2D eigenvalue weighted by atomic mass is 10.1. The molecule has 2 heterocycles. The summed E-state index contributed by atoms with van der Waals surface area (Å²) >= 11 is 0. The Kier molecular flexibility index (Phi) is 4.96. The van der Waals surface area contributed by atoms with Crippen LogP contribution in [0.1, 0.15) is 59.4 Å². The van der Waals surface area contributed by atoms with Crippen molar-refractivity contribution in [1.29, 1.82) is 0 Å². The van der Waals surface area contributed by atoms with Gasteiger partial charge in [-0.05, 0) is 46.2 Å². The summed E-state index contributed by atoms with van der Waals surface area (Å²) in [6, 6.07) is 5.79. The summed E-state index contributed by atoms with van der Waals surface area (Å²) in [6.07, 6.45) is 0.794. The quantitative estimate of drug-likeness (QED) is 0.923. The zero-order chi connectivity index (χ0) is 16.3. The molecule has 1 N–H and O–H groups in total. The first-order valence-electron chi connectivity index (χ1n) is 7.76. The molecular formula is C17H24N4O. The number of rotatable bonds is 5. The second-order valence-electron chi connectivity index (χ2n) is 5.50. The molecule has 5 nitrogen and oxygen atoms in total. The standard InChI is InChI=1S/C17H24N4O/c1-6-14(15-10-8-9-11(3)18-15)19-17(22)16-12(4)20-21(7-2)13(16)5/h8-10,14H,6-7H2,1-5H3,(H,19,22)/t14-/m1/s1. The van der Waals surface area contributed by atoms with E-state index in [4.69, 9.17) is 0 Å². The lowest BCUT2D eigenvalue weighted by Gasteiger charge is -2.17. The van der Waals surface area contributed by atoms with E-state index < -0.39 is 0 Å². The number of amides is 1. The average molecular weight is 300 g/mol. The van der Waals surface area contributed by atoms with Crippen LogP contribution in [0.4, 0.5) is 0 Å². The van der Waals surface area contributed by atoms with Crippen LogP contribution in [-0.2, 0) is 6.54 Å². The van der Waals surface area contributed by atoms with E-state index in [1.807, 2.05) is 57.5 Å². The van der Waals surface area contributed by atoms with Crippen molar-refractivity contribution in [3.8, 4) is 0 Å². The number of hydrogen-bond acceptors (Lipinski definition) is 3. The highest BCUT2D eigenvalue weighted by Crippen LogP contribution is 2.18. The first-order valence-corrected chi connectivity index (χ1v) is 7.76. The molecule has 5 heteroatoms. The molecular weight excluding hydrogens is 276 g/mol. The fourth-order valence-electron chi connectivity index (χ4n) is 2.71. The van der Waals surface area contributed by atoms with E-state index in [2.05, 4.69) is 15.4 Å². The minimum atomic E-state index is -0.0869. The normalized spacial score (nSPS) is 12.2. The predicted octanol–water partition coefficient (Wildman–Crippen LogP) is 3.10. The van der Waals surface area contributed by atoms with Crippen LogP contribution >= 0.6 is 0 Å². The summed E-state index contributed by atoms with van der Waals surface area (Å²) in [5, 5.41) is 7.50. The van der Waals surface area contributed by atoms with Gasteiger partial charge in [-0.2, -0.15) is 5.10 Å². The highest BCUT2D eigenvalue weighted by Gasteiger charge is 2.21. The maximum atomic E-state index is 12.7. The van der Waals surface area contributed by atoms with Crippen LogP contribution in [0.5, 0.6) is 0 Å². The summed E-state index contributed by atoms with van der Waals surface area (Å²) < 4.78 is 1.86. The predicted molar refractivity (Wildman–Crippen MR) is 86.8 cm³/mol. The molecule has 0 bridgehead atoms. The smallest absolute Gasteiger partial charge is 0.255 e. The maximum absolute atomic E-state index is 12.7. The van der Waals surface area contributed by atoms with Crippen molar-refractivity contribution in [1.82, 2.24) is 20.1 Å². The zero-order valence-electron chi connectivity index (χ0n) is 14.0. The summed E-state index contributed by atoms with van der Waals surface area (Å²) in [4.78, 5) is 17.2. The average Bonchev–Trinajstić information content (AvgIpc) is 2.78.